The van der Waals surface area contributed by atoms with Crippen LogP contribution in [0.3, 0.4) is 0 Å². The molecule has 0 saturated heterocycles. The van der Waals surface area contributed by atoms with Crippen molar-refractivity contribution in [1.82, 2.24) is 14.8 Å². The second-order valence-corrected chi connectivity index (χ2v) is 7.91. The summed E-state index contributed by atoms with van der Waals surface area (Å²) in [5.74, 6) is -2.28. The third-order valence-corrected chi connectivity index (χ3v) is 4.87. The SMILES string of the molecule is Cc1cncc(-n2nc(C(F)F)cc2-c2cc(F)c(S(C)(=O)=O)cc2F)c1. The molecule has 0 amide bonds. The maximum absolute atomic E-state index is 14.6. The van der Waals surface area contributed by atoms with Crippen molar-refractivity contribution < 1.29 is 26.0 Å². The van der Waals surface area contributed by atoms with Gasteiger partial charge in [-0.2, -0.15) is 5.10 Å². The number of alkyl halides is 2. The Bertz CT molecular complexity index is 1130. The molecule has 0 unspecified atom stereocenters. The highest BCUT2D eigenvalue weighted by atomic mass is 32.2. The average Bonchev–Trinajstić information content (AvgIpc) is 3.01. The van der Waals surface area contributed by atoms with Gasteiger partial charge < -0.3 is 0 Å². The maximum Gasteiger partial charge on any atom is 0.282 e. The van der Waals surface area contributed by atoms with Crippen LogP contribution in [0.4, 0.5) is 17.6 Å². The summed E-state index contributed by atoms with van der Waals surface area (Å²) in [5, 5.41) is 3.76. The van der Waals surface area contributed by atoms with Gasteiger partial charge in [0.25, 0.3) is 6.43 Å². The van der Waals surface area contributed by atoms with Gasteiger partial charge in [0.1, 0.15) is 22.2 Å². The lowest BCUT2D eigenvalue weighted by molar-refractivity contribution is 0.145. The van der Waals surface area contributed by atoms with Gasteiger partial charge in [-0.3, -0.25) is 4.98 Å². The molecule has 0 bridgehead atoms. The van der Waals surface area contributed by atoms with Gasteiger partial charge >= 0.3 is 0 Å². The summed E-state index contributed by atoms with van der Waals surface area (Å²) in [6.07, 6.45) is 0.660. The molecule has 2 aromatic heterocycles. The fourth-order valence-corrected chi connectivity index (χ4v) is 3.29. The highest BCUT2D eigenvalue weighted by molar-refractivity contribution is 7.90. The van der Waals surface area contributed by atoms with Crippen LogP contribution in [0.1, 0.15) is 17.7 Å². The molecule has 5 nitrogen and oxygen atoms in total. The van der Waals surface area contributed by atoms with Gasteiger partial charge in [-0.25, -0.2) is 30.7 Å². The van der Waals surface area contributed by atoms with Gasteiger partial charge in [0.05, 0.1) is 17.6 Å². The van der Waals surface area contributed by atoms with E-state index in [1.165, 1.54) is 12.4 Å². The third-order valence-electron chi connectivity index (χ3n) is 3.75. The van der Waals surface area contributed by atoms with E-state index in [9.17, 15) is 26.0 Å². The second kappa shape index (κ2) is 6.76. The lowest BCUT2D eigenvalue weighted by Gasteiger charge is -2.10. The van der Waals surface area contributed by atoms with E-state index in [0.717, 1.165) is 17.0 Å². The predicted molar refractivity (Wildman–Crippen MR) is 89.5 cm³/mol. The molecule has 142 valence electrons. The van der Waals surface area contributed by atoms with Crippen LogP contribution < -0.4 is 0 Å². The minimum atomic E-state index is -4.00. The van der Waals surface area contributed by atoms with Gasteiger partial charge in [0, 0.05) is 18.0 Å². The molecule has 3 rings (SSSR count). The number of halogens is 4. The molecule has 0 aliphatic rings. The number of aryl methyl sites for hydroxylation is 1. The van der Waals surface area contributed by atoms with Gasteiger partial charge in [-0.15, -0.1) is 0 Å². The van der Waals surface area contributed by atoms with Gasteiger partial charge in [-0.05, 0) is 36.8 Å². The molecule has 0 fully saturated rings. The third kappa shape index (κ3) is 3.70. The summed E-state index contributed by atoms with van der Waals surface area (Å²) in [6, 6.07) is 3.68. The van der Waals surface area contributed by atoms with Gasteiger partial charge in [-0.1, -0.05) is 0 Å². The zero-order valence-corrected chi connectivity index (χ0v) is 14.9. The van der Waals surface area contributed by atoms with Crippen LogP contribution >= 0.6 is 0 Å². The predicted octanol–water partition coefficient (Wildman–Crippen LogP) is 3.86. The lowest BCUT2D eigenvalue weighted by Crippen LogP contribution is -2.05. The molecule has 0 aliphatic carbocycles. The molecule has 2 heterocycles. The standard InChI is InChI=1S/C17H13F4N3O2S/c1-9-3-10(8-22-7-9)24-15(6-14(23-24)17(20)21)11-4-13(19)16(5-12(11)18)27(2,25)26/h3-8,17H,1-2H3. The summed E-state index contributed by atoms with van der Waals surface area (Å²) in [7, 11) is -4.00. The molecule has 0 atom stereocenters. The Kier molecular flexibility index (Phi) is 4.77. The molecule has 1 aromatic carbocycles. The normalized spacial score (nSPS) is 12.0. The number of sulfone groups is 1. The van der Waals surface area contributed by atoms with E-state index in [1.807, 2.05) is 0 Å². The number of hydrogen-bond acceptors (Lipinski definition) is 4. The highest BCUT2D eigenvalue weighted by Gasteiger charge is 2.23. The first-order valence-electron chi connectivity index (χ1n) is 7.57. The Hall–Kier alpha value is -2.75. The lowest BCUT2D eigenvalue weighted by atomic mass is 10.1. The number of benzene rings is 1. The van der Waals surface area contributed by atoms with E-state index in [0.29, 0.717) is 17.7 Å². The van der Waals surface area contributed by atoms with Crippen molar-refractivity contribution in [3.05, 3.63) is 59.6 Å². The molecular weight excluding hydrogens is 386 g/mol. The number of nitrogens with zero attached hydrogens (tertiary/aromatic N) is 3. The van der Waals surface area contributed by atoms with Crippen molar-refractivity contribution in [3.63, 3.8) is 0 Å². The number of aromatic nitrogens is 3. The highest BCUT2D eigenvalue weighted by Crippen LogP contribution is 2.32. The number of rotatable bonds is 4. The molecule has 27 heavy (non-hydrogen) atoms. The Balaban J connectivity index is 2.27. The first-order valence-corrected chi connectivity index (χ1v) is 9.46. The minimum Gasteiger partial charge on any atom is -0.262 e. The van der Waals surface area contributed by atoms with E-state index in [4.69, 9.17) is 0 Å². The zero-order chi connectivity index (χ0) is 19.9. The summed E-state index contributed by atoms with van der Waals surface area (Å²) < 4.78 is 79.2. The first kappa shape index (κ1) is 19.0. The van der Waals surface area contributed by atoms with E-state index in [-0.39, 0.29) is 11.4 Å². The van der Waals surface area contributed by atoms with Crippen molar-refractivity contribution in [2.75, 3.05) is 6.26 Å². The molecule has 3 aromatic rings. The topological polar surface area (TPSA) is 64.8 Å². The summed E-state index contributed by atoms with van der Waals surface area (Å²) in [6.45, 7) is 1.72. The molecule has 0 N–H and O–H groups in total. The smallest absolute Gasteiger partial charge is 0.262 e. The van der Waals surface area contributed by atoms with E-state index in [2.05, 4.69) is 10.1 Å². The largest absolute Gasteiger partial charge is 0.282 e. The first-order chi connectivity index (χ1) is 12.6. The van der Waals surface area contributed by atoms with Crippen LogP contribution in [0, 0.1) is 18.6 Å². The van der Waals surface area contributed by atoms with Crippen molar-refractivity contribution in [2.24, 2.45) is 0 Å². The Morgan fingerprint density at radius 1 is 1.04 bits per heavy atom. The second-order valence-electron chi connectivity index (χ2n) is 5.92. The van der Waals surface area contributed by atoms with E-state index < -0.39 is 44.1 Å². The molecule has 0 aliphatic heterocycles. The fourth-order valence-electron chi connectivity index (χ4n) is 2.56. The Morgan fingerprint density at radius 3 is 2.33 bits per heavy atom. The quantitative estimate of drug-likeness (QED) is 0.625. The van der Waals surface area contributed by atoms with Gasteiger partial charge in [0.15, 0.2) is 9.84 Å². The zero-order valence-electron chi connectivity index (χ0n) is 14.1. The van der Waals surface area contributed by atoms with Crippen LogP contribution in [-0.4, -0.2) is 29.4 Å². The van der Waals surface area contributed by atoms with Gasteiger partial charge in [0.2, 0.25) is 0 Å². The number of pyridine rings is 1. The van der Waals surface area contributed by atoms with Crippen molar-refractivity contribution in [3.8, 4) is 16.9 Å². The van der Waals surface area contributed by atoms with Crippen LogP contribution in [0.25, 0.3) is 16.9 Å². The fraction of sp³-hybridized carbons (Fsp3) is 0.176. The average molecular weight is 399 g/mol. The molecule has 0 spiro atoms. The maximum atomic E-state index is 14.6. The van der Waals surface area contributed by atoms with E-state index in [1.54, 1.807) is 13.0 Å². The van der Waals surface area contributed by atoms with Crippen LogP contribution in [-0.2, 0) is 9.84 Å². The van der Waals surface area contributed by atoms with Crippen LogP contribution in [0.2, 0.25) is 0 Å². The summed E-state index contributed by atoms with van der Waals surface area (Å²) in [5.41, 5.74) is -0.232. The monoisotopic (exact) mass is 399 g/mol. The van der Waals surface area contributed by atoms with E-state index >= 15 is 0 Å². The van der Waals surface area contributed by atoms with Crippen LogP contribution in [0.15, 0.2) is 41.6 Å². The van der Waals surface area contributed by atoms with Crippen LogP contribution in [0.5, 0.6) is 0 Å². The molecule has 0 saturated carbocycles. The minimum absolute atomic E-state index is 0.158. The van der Waals surface area contributed by atoms with Crippen molar-refractivity contribution >= 4 is 9.84 Å². The Morgan fingerprint density at radius 2 is 1.74 bits per heavy atom. The van der Waals surface area contributed by atoms with Crippen molar-refractivity contribution in [1.29, 1.82) is 0 Å². The molecule has 10 heteroatoms. The van der Waals surface area contributed by atoms with Crippen molar-refractivity contribution in [2.45, 2.75) is 18.2 Å². The molecular formula is C17H13F4N3O2S. The molecule has 0 radical (unpaired) electrons. The number of hydrogen-bond donors (Lipinski definition) is 0. The summed E-state index contributed by atoms with van der Waals surface area (Å²) in [4.78, 5) is 3.12. The summed E-state index contributed by atoms with van der Waals surface area (Å²) >= 11 is 0. The Labute approximate surface area is 152 Å².